The molecule has 0 aliphatic carbocycles. The van der Waals surface area contributed by atoms with Crippen molar-refractivity contribution in [2.75, 3.05) is 11.6 Å². The highest BCUT2D eigenvalue weighted by Crippen LogP contribution is 2.36. The van der Waals surface area contributed by atoms with E-state index in [1.54, 1.807) is 24.3 Å². The van der Waals surface area contributed by atoms with Crippen molar-refractivity contribution >= 4 is 35.0 Å². The zero-order valence-electron chi connectivity index (χ0n) is 11.5. The number of carbonyl (C=O) groups excluding carboxylic acids is 1. The van der Waals surface area contributed by atoms with Gasteiger partial charge in [-0.1, -0.05) is 23.7 Å². The minimum absolute atomic E-state index is 0.465. The number of para-hydroxylation sites is 1. The van der Waals surface area contributed by atoms with Gasteiger partial charge >= 0.3 is 6.18 Å². The van der Waals surface area contributed by atoms with Crippen molar-refractivity contribution < 1.29 is 18.0 Å². The molecule has 1 N–H and O–H groups in total. The minimum atomic E-state index is -4.69. The molecule has 0 saturated carbocycles. The van der Waals surface area contributed by atoms with E-state index >= 15 is 0 Å². The molecule has 2 aromatic rings. The van der Waals surface area contributed by atoms with Crippen LogP contribution < -0.4 is 5.32 Å². The Kier molecular flexibility index (Phi) is 4.72. The average molecular weight is 350 g/mol. The van der Waals surface area contributed by atoms with Gasteiger partial charge < -0.3 is 5.32 Å². The first kappa shape index (κ1) is 16.7. The summed E-state index contributed by atoms with van der Waals surface area (Å²) in [5, 5.41) is 5.38. The van der Waals surface area contributed by atoms with Crippen LogP contribution >= 0.6 is 23.4 Å². The first-order valence-electron chi connectivity index (χ1n) is 5.99. The van der Waals surface area contributed by atoms with Crippen LogP contribution in [0.4, 0.5) is 18.9 Å². The van der Waals surface area contributed by atoms with Crippen molar-refractivity contribution in [1.82, 2.24) is 9.78 Å². The summed E-state index contributed by atoms with van der Waals surface area (Å²) in [6.07, 6.45) is -2.87. The zero-order valence-corrected chi connectivity index (χ0v) is 13.1. The van der Waals surface area contributed by atoms with Crippen LogP contribution in [-0.2, 0) is 13.2 Å². The summed E-state index contributed by atoms with van der Waals surface area (Å²) in [6, 6.07) is 6.92. The lowest BCUT2D eigenvalue weighted by molar-refractivity contribution is -0.143. The van der Waals surface area contributed by atoms with E-state index in [4.69, 9.17) is 11.6 Å². The second kappa shape index (κ2) is 6.21. The van der Waals surface area contributed by atoms with Crippen LogP contribution in [0.2, 0.25) is 5.02 Å². The summed E-state index contributed by atoms with van der Waals surface area (Å²) in [5.41, 5.74) is -1.14. The van der Waals surface area contributed by atoms with Gasteiger partial charge in [0, 0.05) is 11.9 Å². The van der Waals surface area contributed by atoms with Gasteiger partial charge in [0.05, 0.1) is 5.69 Å². The highest BCUT2D eigenvalue weighted by Gasteiger charge is 2.40. The lowest BCUT2D eigenvalue weighted by Crippen LogP contribution is -2.14. The maximum Gasteiger partial charge on any atom is 0.434 e. The summed E-state index contributed by atoms with van der Waals surface area (Å²) < 4.78 is 39.1. The lowest BCUT2D eigenvalue weighted by atomic mass is 10.3. The molecule has 0 fully saturated rings. The number of benzene rings is 1. The van der Waals surface area contributed by atoms with Gasteiger partial charge in [0.2, 0.25) is 0 Å². The largest absolute Gasteiger partial charge is 0.434 e. The molecule has 1 heterocycles. The fraction of sp³-hybridized carbons (Fsp3) is 0.231. The van der Waals surface area contributed by atoms with E-state index in [-0.39, 0.29) is 0 Å². The molecule has 0 atom stereocenters. The van der Waals surface area contributed by atoms with Crippen LogP contribution in [0.3, 0.4) is 0 Å². The van der Waals surface area contributed by atoms with Crippen LogP contribution in [0.25, 0.3) is 0 Å². The lowest BCUT2D eigenvalue weighted by Gasteiger charge is -2.08. The predicted molar refractivity (Wildman–Crippen MR) is 79.4 cm³/mol. The Morgan fingerprint density at radius 2 is 2.00 bits per heavy atom. The third-order valence-electron chi connectivity index (χ3n) is 2.83. The van der Waals surface area contributed by atoms with E-state index in [1.165, 1.54) is 11.8 Å². The molecular formula is C13H11ClF3N3OS. The van der Waals surface area contributed by atoms with Crippen LogP contribution in [0.5, 0.6) is 0 Å². The summed E-state index contributed by atoms with van der Waals surface area (Å²) in [7, 11) is 1.08. The van der Waals surface area contributed by atoms with E-state index in [1.807, 2.05) is 6.26 Å². The van der Waals surface area contributed by atoms with E-state index in [0.717, 1.165) is 11.9 Å². The molecule has 0 unspecified atom stereocenters. The minimum Gasteiger partial charge on any atom is -0.320 e. The Morgan fingerprint density at radius 1 is 1.36 bits per heavy atom. The molecule has 2 rings (SSSR count). The number of rotatable bonds is 3. The van der Waals surface area contributed by atoms with E-state index in [2.05, 4.69) is 10.4 Å². The number of anilines is 1. The molecule has 9 heteroatoms. The number of nitrogens with zero attached hydrogens (tertiary/aromatic N) is 2. The number of hydrogen-bond acceptors (Lipinski definition) is 3. The number of thioether (sulfide) groups is 1. The van der Waals surface area contributed by atoms with Gasteiger partial charge in [0.1, 0.15) is 5.02 Å². The quantitative estimate of drug-likeness (QED) is 0.850. The number of nitrogens with one attached hydrogen (secondary N) is 1. The second-order valence-corrected chi connectivity index (χ2v) is 5.51. The zero-order chi connectivity index (χ0) is 16.5. The molecule has 0 aliphatic rings. The average Bonchev–Trinajstić information content (AvgIpc) is 2.74. The van der Waals surface area contributed by atoms with Crippen LogP contribution in [-0.4, -0.2) is 21.9 Å². The summed E-state index contributed by atoms with van der Waals surface area (Å²) in [6.45, 7) is 0. The van der Waals surface area contributed by atoms with Gasteiger partial charge in [-0.3, -0.25) is 9.48 Å². The van der Waals surface area contributed by atoms with Crippen molar-refractivity contribution in [1.29, 1.82) is 0 Å². The van der Waals surface area contributed by atoms with Crippen LogP contribution in [0, 0.1) is 0 Å². The Labute approximate surface area is 133 Å². The molecule has 118 valence electrons. The second-order valence-electron chi connectivity index (χ2n) is 4.29. The number of aromatic nitrogens is 2. The number of hydrogen-bond donors (Lipinski definition) is 1. The van der Waals surface area contributed by atoms with E-state index < -0.39 is 28.5 Å². The van der Waals surface area contributed by atoms with Gasteiger partial charge in [0.25, 0.3) is 5.91 Å². The number of carbonyl (C=O) groups is 1. The van der Waals surface area contributed by atoms with Crippen molar-refractivity contribution in [3.63, 3.8) is 0 Å². The van der Waals surface area contributed by atoms with Crippen LogP contribution in [0.1, 0.15) is 16.2 Å². The van der Waals surface area contributed by atoms with Crippen molar-refractivity contribution in [2.45, 2.75) is 11.1 Å². The molecule has 1 aromatic heterocycles. The first-order valence-corrected chi connectivity index (χ1v) is 7.60. The van der Waals surface area contributed by atoms with Gasteiger partial charge in [-0.15, -0.1) is 11.8 Å². The number of aryl methyl sites for hydroxylation is 1. The molecule has 4 nitrogen and oxygen atoms in total. The highest BCUT2D eigenvalue weighted by atomic mass is 35.5. The molecule has 0 saturated heterocycles. The third-order valence-corrected chi connectivity index (χ3v) is 3.98. The summed E-state index contributed by atoms with van der Waals surface area (Å²) >= 11 is 7.08. The fourth-order valence-electron chi connectivity index (χ4n) is 1.88. The molecule has 0 aliphatic heterocycles. The summed E-state index contributed by atoms with van der Waals surface area (Å²) in [4.78, 5) is 12.9. The monoisotopic (exact) mass is 349 g/mol. The smallest absolute Gasteiger partial charge is 0.320 e. The number of amides is 1. The Hall–Kier alpha value is -1.67. The standard InChI is InChI=1S/C13H11ClF3N3OS/c1-20-11(13(15,16)17)9(14)10(19-20)12(21)18-7-5-3-4-6-8(7)22-2/h3-6H,1-2H3,(H,18,21). The number of alkyl halides is 3. The topological polar surface area (TPSA) is 46.9 Å². The fourth-order valence-corrected chi connectivity index (χ4v) is 2.79. The predicted octanol–water partition coefficient (Wildman–Crippen LogP) is 4.07. The molecule has 1 amide bonds. The highest BCUT2D eigenvalue weighted by molar-refractivity contribution is 7.98. The molecule has 22 heavy (non-hydrogen) atoms. The number of halogens is 4. The molecule has 0 radical (unpaired) electrons. The SMILES string of the molecule is CSc1ccccc1NC(=O)c1nn(C)c(C(F)(F)F)c1Cl. The van der Waals surface area contributed by atoms with E-state index in [0.29, 0.717) is 10.4 Å². The van der Waals surface area contributed by atoms with Gasteiger partial charge in [0.15, 0.2) is 11.4 Å². The van der Waals surface area contributed by atoms with Crippen molar-refractivity contribution in [3.05, 3.63) is 40.7 Å². The van der Waals surface area contributed by atoms with Crippen molar-refractivity contribution in [2.24, 2.45) is 7.05 Å². The van der Waals surface area contributed by atoms with Crippen molar-refractivity contribution in [3.8, 4) is 0 Å². The first-order chi connectivity index (χ1) is 10.3. The summed E-state index contributed by atoms with van der Waals surface area (Å²) in [5.74, 6) is -0.794. The molecule has 0 spiro atoms. The molecule has 0 bridgehead atoms. The van der Waals surface area contributed by atoms with E-state index in [9.17, 15) is 18.0 Å². The normalized spacial score (nSPS) is 11.5. The van der Waals surface area contributed by atoms with Gasteiger partial charge in [-0.25, -0.2) is 0 Å². The van der Waals surface area contributed by atoms with Crippen LogP contribution in [0.15, 0.2) is 29.2 Å². The molecule has 1 aromatic carbocycles. The molecular weight excluding hydrogens is 339 g/mol. The third kappa shape index (κ3) is 3.22. The Bertz CT molecular complexity index is 715. The maximum atomic E-state index is 12.9. The maximum absolute atomic E-state index is 12.9. The Balaban J connectivity index is 2.35. The van der Waals surface area contributed by atoms with Gasteiger partial charge in [-0.2, -0.15) is 18.3 Å². The Morgan fingerprint density at radius 3 is 2.55 bits per heavy atom. The van der Waals surface area contributed by atoms with Gasteiger partial charge in [-0.05, 0) is 18.4 Å².